The predicted octanol–water partition coefficient (Wildman–Crippen LogP) is 7.00. The minimum atomic E-state index is -0.598. The molecular formula is C30H32O6. The highest BCUT2D eigenvalue weighted by molar-refractivity contribution is 5.96. The summed E-state index contributed by atoms with van der Waals surface area (Å²) in [6, 6.07) is 5.47. The zero-order chi connectivity index (χ0) is 26.2. The molecule has 0 amide bonds. The Balaban J connectivity index is 1.94. The minimum absolute atomic E-state index is 0.0825. The van der Waals surface area contributed by atoms with Gasteiger partial charge in [0.15, 0.2) is 22.5 Å². The zero-order valence-electron chi connectivity index (χ0n) is 21.3. The lowest BCUT2D eigenvalue weighted by atomic mass is 9.91. The van der Waals surface area contributed by atoms with Crippen LogP contribution in [0, 0.1) is 0 Å². The van der Waals surface area contributed by atoms with Crippen molar-refractivity contribution in [1.82, 2.24) is 0 Å². The zero-order valence-corrected chi connectivity index (χ0v) is 21.3. The van der Waals surface area contributed by atoms with Gasteiger partial charge in [0.1, 0.15) is 28.2 Å². The number of ether oxygens (including phenoxy) is 1. The van der Waals surface area contributed by atoms with Crippen LogP contribution in [0.25, 0.3) is 28.4 Å². The van der Waals surface area contributed by atoms with Crippen LogP contribution in [0.4, 0.5) is 0 Å². The molecule has 1 aliphatic heterocycles. The van der Waals surface area contributed by atoms with Gasteiger partial charge in [0.2, 0.25) is 0 Å². The van der Waals surface area contributed by atoms with Crippen molar-refractivity contribution < 1.29 is 24.5 Å². The van der Waals surface area contributed by atoms with Crippen LogP contribution in [0.2, 0.25) is 0 Å². The molecule has 0 saturated heterocycles. The van der Waals surface area contributed by atoms with E-state index >= 15 is 0 Å². The van der Waals surface area contributed by atoms with Crippen LogP contribution in [0.3, 0.4) is 0 Å². The second kappa shape index (κ2) is 9.61. The molecule has 3 aromatic rings. The second-order valence-corrected chi connectivity index (χ2v) is 10.0. The molecule has 2 aromatic carbocycles. The Labute approximate surface area is 210 Å². The molecule has 0 fully saturated rings. The van der Waals surface area contributed by atoms with Gasteiger partial charge in [-0.1, -0.05) is 23.3 Å². The maximum atomic E-state index is 13.2. The Morgan fingerprint density at radius 3 is 2.39 bits per heavy atom. The van der Waals surface area contributed by atoms with E-state index in [0.717, 1.165) is 18.4 Å². The van der Waals surface area contributed by atoms with Crippen LogP contribution in [-0.4, -0.2) is 20.9 Å². The Morgan fingerprint density at radius 1 is 1.00 bits per heavy atom. The molecule has 1 unspecified atom stereocenters. The van der Waals surface area contributed by atoms with Crippen molar-refractivity contribution in [3.8, 4) is 34.3 Å². The molecule has 0 spiro atoms. The van der Waals surface area contributed by atoms with Gasteiger partial charge in [0.25, 0.3) is 0 Å². The fourth-order valence-electron chi connectivity index (χ4n) is 4.32. The first kappa shape index (κ1) is 25.2. The first-order chi connectivity index (χ1) is 17.0. The summed E-state index contributed by atoms with van der Waals surface area (Å²) in [6.07, 6.45) is 10.00. The number of phenols is 3. The summed E-state index contributed by atoms with van der Waals surface area (Å²) in [5.74, 6) is -0.0607. The molecular weight excluding hydrogens is 456 g/mol. The van der Waals surface area contributed by atoms with Gasteiger partial charge in [-0.3, -0.25) is 4.79 Å². The number of rotatable bonds is 6. The highest BCUT2D eigenvalue weighted by Crippen LogP contribution is 2.46. The van der Waals surface area contributed by atoms with Crippen molar-refractivity contribution in [2.75, 3.05) is 0 Å². The number of benzene rings is 2. The Hall–Kier alpha value is -3.93. The van der Waals surface area contributed by atoms with Crippen molar-refractivity contribution in [2.45, 2.75) is 59.5 Å². The SMILES string of the molecule is CC(C)=CCCC1(C)C=Cc2c(c(CC=C(C)C)c(O)c3c(=O)cc(-c4ccc(O)c(O)c4)oc23)O1. The third-order valence-electron chi connectivity index (χ3n) is 6.34. The van der Waals surface area contributed by atoms with Crippen molar-refractivity contribution in [2.24, 2.45) is 0 Å². The second-order valence-electron chi connectivity index (χ2n) is 10.0. The molecule has 4 rings (SSSR count). The largest absolute Gasteiger partial charge is 0.507 e. The summed E-state index contributed by atoms with van der Waals surface area (Å²) in [5, 5.41) is 31.0. The van der Waals surface area contributed by atoms with Crippen LogP contribution in [-0.2, 0) is 6.42 Å². The van der Waals surface area contributed by atoms with Gasteiger partial charge in [-0.05, 0) is 84.2 Å². The van der Waals surface area contributed by atoms with Crippen LogP contribution in [0.1, 0.15) is 58.6 Å². The van der Waals surface area contributed by atoms with Crippen molar-refractivity contribution in [3.05, 3.63) is 75.0 Å². The van der Waals surface area contributed by atoms with Gasteiger partial charge in [-0.15, -0.1) is 0 Å². The smallest absolute Gasteiger partial charge is 0.197 e. The number of phenolic OH excluding ortho intramolecular Hbond substituents is 3. The monoisotopic (exact) mass is 488 g/mol. The summed E-state index contributed by atoms with van der Waals surface area (Å²) >= 11 is 0. The van der Waals surface area contributed by atoms with Crippen molar-refractivity contribution in [1.29, 1.82) is 0 Å². The van der Waals surface area contributed by atoms with Gasteiger partial charge in [-0.25, -0.2) is 0 Å². The van der Waals surface area contributed by atoms with Gasteiger partial charge >= 0.3 is 0 Å². The molecule has 0 saturated carbocycles. The third-order valence-corrected chi connectivity index (χ3v) is 6.34. The highest BCUT2D eigenvalue weighted by atomic mass is 16.5. The molecule has 1 aliphatic rings. The average Bonchev–Trinajstić information content (AvgIpc) is 2.79. The lowest BCUT2D eigenvalue weighted by Crippen LogP contribution is -2.32. The van der Waals surface area contributed by atoms with Crippen LogP contribution in [0.15, 0.2) is 62.9 Å². The predicted molar refractivity (Wildman–Crippen MR) is 143 cm³/mol. The lowest BCUT2D eigenvalue weighted by Gasteiger charge is -2.33. The maximum absolute atomic E-state index is 13.2. The standard InChI is InChI=1S/C30H32O6/c1-17(2)7-6-13-30(5)14-12-21-28(36-30)20(10-8-18(3)4)27(34)26-24(33)16-25(35-29(21)26)19-9-11-22(31)23(32)15-19/h7-9,11-12,14-16,31-32,34H,6,10,13H2,1-5H3. The highest BCUT2D eigenvalue weighted by Gasteiger charge is 2.32. The topological polar surface area (TPSA) is 100 Å². The van der Waals surface area contributed by atoms with Crippen molar-refractivity contribution >= 4 is 17.0 Å². The van der Waals surface area contributed by atoms with E-state index in [4.69, 9.17) is 9.15 Å². The molecule has 188 valence electrons. The quantitative estimate of drug-likeness (QED) is 0.255. The van der Waals surface area contributed by atoms with E-state index in [1.54, 1.807) is 6.07 Å². The van der Waals surface area contributed by atoms with E-state index in [2.05, 4.69) is 19.9 Å². The molecule has 6 heteroatoms. The summed E-state index contributed by atoms with van der Waals surface area (Å²) in [6.45, 7) is 10.1. The molecule has 1 aromatic heterocycles. The molecule has 0 radical (unpaired) electrons. The summed E-state index contributed by atoms with van der Waals surface area (Å²) in [4.78, 5) is 13.2. The first-order valence-corrected chi connectivity index (χ1v) is 12.0. The number of aromatic hydroxyl groups is 3. The fourth-order valence-corrected chi connectivity index (χ4v) is 4.32. The van der Waals surface area contributed by atoms with E-state index in [9.17, 15) is 20.1 Å². The Morgan fingerprint density at radius 2 is 1.72 bits per heavy atom. The minimum Gasteiger partial charge on any atom is -0.507 e. The average molecular weight is 489 g/mol. The van der Waals surface area contributed by atoms with Crippen molar-refractivity contribution in [3.63, 3.8) is 0 Å². The number of hydrogen-bond acceptors (Lipinski definition) is 6. The van der Waals surface area contributed by atoms with Crippen LogP contribution < -0.4 is 10.2 Å². The van der Waals surface area contributed by atoms with Gasteiger partial charge in [-0.2, -0.15) is 0 Å². The number of fused-ring (bicyclic) bond motifs is 3. The van der Waals surface area contributed by atoms with Crippen LogP contribution >= 0.6 is 0 Å². The van der Waals surface area contributed by atoms with E-state index in [1.165, 1.54) is 23.8 Å². The summed E-state index contributed by atoms with van der Waals surface area (Å²) in [7, 11) is 0. The molecule has 1 atom stereocenters. The van der Waals surface area contributed by atoms with Crippen LogP contribution in [0.5, 0.6) is 23.0 Å². The molecule has 2 heterocycles. The maximum Gasteiger partial charge on any atom is 0.197 e. The first-order valence-electron chi connectivity index (χ1n) is 12.0. The molecule has 0 bridgehead atoms. The van der Waals surface area contributed by atoms with E-state index in [1.807, 2.05) is 39.0 Å². The molecule has 36 heavy (non-hydrogen) atoms. The van der Waals surface area contributed by atoms with Gasteiger partial charge in [0.05, 0.1) is 5.56 Å². The third kappa shape index (κ3) is 4.89. The molecule has 6 nitrogen and oxygen atoms in total. The van der Waals surface area contributed by atoms with E-state index in [0.29, 0.717) is 28.9 Å². The van der Waals surface area contributed by atoms with E-state index < -0.39 is 11.0 Å². The Bertz CT molecular complexity index is 1480. The summed E-state index contributed by atoms with van der Waals surface area (Å²) < 4.78 is 12.7. The fraction of sp³-hybridized carbons (Fsp3) is 0.300. The number of hydrogen-bond donors (Lipinski definition) is 3. The van der Waals surface area contributed by atoms with E-state index in [-0.39, 0.29) is 34.0 Å². The lowest BCUT2D eigenvalue weighted by molar-refractivity contribution is 0.127. The normalized spacial score (nSPS) is 16.4. The Kier molecular flexibility index (Phi) is 6.72. The van der Waals surface area contributed by atoms with Gasteiger partial charge in [0, 0.05) is 17.2 Å². The summed E-state index contributed by atoms with van der Waals surface area (Å²) in [5.41, 5.74) is 3.05. The van der Waals surface area contributed by atoms with Gasteiger partial charge < -0.3 is 24.5 Å². The number of allylic oxidation sites excluding steroid dienone is 4. The molecule has 3 N–H and O–H groups in total. The molecule has 0 aliphatic carbocycles.